The molecule has 0 radical (unpaired) electrons. The van der Waals surface area contributed by atoms with Gasteiger partial charge in [-0.2, -0.15) is 5.10 Å². The van der Waals surface area contributed by atoms with Crippen molar-refractivity contribution in [2.45, 2.75) is 64.6 Å². The summed E-state index contributed by atoms with van der Waals surface area (Å²) in [6.45, 7) is 8.30. The number of nitrogens with one attached hydrogen (secondary N) is 2. The molecule has 2 aromatic rings. The van der Waals surface area contributed by atoms with Gasteiger partial charge in [0, 0.05) is 26.6 Å². The molecule has 2 heterocycles. The highest BCUT2D eigenvalue weighted by Gasteiger charge is 2.54. The van der Waals surface area contributed by atoms with Crippen LogP contribution in [0, 0.1) is 5.41 Å². The number of carbonyl (C=O) groups excluding carboxylic acids is 4. The van der Waals surface area contributed by atoms with E-state index < -0.39 is 40.5 Å². The summed E-state index contributed by atoms with van der Waals surface area (Å²) in [7, 11) is 1.62. The number of para-hydroxylation sites is 1. The van der Waals surface area contributed by atoms with Gasteiger partial charge in [-0.25, -0.2) is 9.80 Å². The number of alkyl carbamates (subject to hydrolysis) is 1. The van der Waals surface area contributed by atoms with Crippen molar-refractivity contribution in [2.75, 3.05) is 26.7 Å². The van der Waals surface area contributed by atoms with Gasteiger partial charge < -0.3 is 25.0 Å². The lowest BCUT2D eigenvalue weighted by atomic mass is 9.73. The van der Waals surface area contributed by atoms with Crippen molar-refractivity contribution in [3.05, 3.63) is 65.2 Å². The van der Waals surface area contributed by atoms with Crippen LogP contribution in [0.15, 0.2) is 59.7 Å². The molecule has 11 nitrogen and oxygen atoms in total. The van der Waals surface area contributed by atoms with E-state index in [1.54, 1.807) is 57.0 Å². The smallest absolute Gasteiger partial charge is 0.408 e. The zero-order chi connectivity index (χ0) is 32.3. The fourth-order valence-electron chi connectivity index (χ4n) is 5.30. The van der Waals surface area contributed by atoms with E-state index in [1.165, 1.54) is 18.9 Å². The number of piperidine rings is 1. The highest BCUT2D eigenvalue weighted by atomic mass is 35.5. The first-order valence-corrected chi connectivity index (χ1v) is 14.9. The normalized spacial score (nSPS) is 19.1. The van der Waals surface area contributed by atoms with Crippen molar-refractivity contribution in [3.8, 4) is 5.75 Å². The Morgan fingerprint density at radius 1 is 1.05 bits per heavy atom. The Morgan fingerprint density at radius 2 is 1.70 bits per heavy atom. The van der Waals surface area contributed by atoms with Gasteiger partial charge in [0.1, 0.15) is 35.0 Å². The van der Waals surface area contributed by atoms with E-state index in [-0.39, 0.29) is 19.1 Å². The number of hydrogen-bond donors (Lipinski definition) is 2. The second-order valence-corrected chi connectivity index (χ2v) is 13.1. The average molecular weight is 626 g/mol. The molecule has 0 aliphatic carbocycles. The second kappa shape index (κ2) is 12.9. The monoisotopic (exact) mass is 625 g/mol. The molecule has 2 aliphatic heterocycles. The number of hydrogen-bond acceptors (Lipinski definition) is 7. The Morgan fingerprint density at radius 3 is 2.36 bits per heavy atom. The molecule has 236 valence electrons. The molecule has 0 spiro atoms. The Labute approximate surface area is 262 Å². The number of ether oxygens (including phenoxy) is 2. The minimum atomic E-state index is -1.44. The topological polar surface area (TPSA) is 130 Å². The van der Waals surface area contributed by atoms with E-state index in [2.05, 4.69) is 15.7 Å². The average Bonchev–Trinajstić information content (AvgIpc) is 3.19. The van der Waals surface area contributed by atoms with E-state index >= 15 is 0 Å². The summed E-state index contributed by atoms with van der Waals surface area (Å²) in [6, 6.07) is 15.2. The van der Waals surface area contributed by atoms with Crippen molar-refractivity contribution < 1.29 is 28.7 Å². The summed E-state index contributed by atoms with van der Waals surface area (Å²) in [5.41, 5.74) is -1.56. The zero-order valence-electron chi connectivity index (χ0n) is 26.0. The van der Waals surface area contributed by atoms with Gasteiger partial charge in [-0.3, -0.25) is 14.4 Å². The second-order valence-electron chi connectivity index (χ2n) is 12.6. The summed E-state index contributed by atoms with van der Waals surface area (Å²) in [5, 5.41) is 11.5. The molecule has 4 amide bonds. The third-order valence-electron chi connectivity index (χ3n) is 7.49. The van der Waals surface area contributed by atoms with Crippen LogP contribution in [-0.4, -0.2) is 83.4 Å². The van der Waals surface area contributed by atoms with Gasteiger partial charge in [-0.1, -0.05) is 54.1 Å². The predicted molar refractivity (Wildman–Crippen MR) is 166 cm³/mol. The minimum absolute atomic E-state index is 0.0841. The van der Waals surface area contributed by atoms with E-state index in [0.29, 0.717) is 30.2 Å². The summed E-state index contributed by atoms with van der Waals surface area (Å²) in [4.78, 5) is 55.3. The maximum Gasteiger partial charge on any atom is 0.408 e. The molecule has 2 atom stereocenters. The molecular weight excluding hydrogens is 586 g/mol. The third-order valence-corrected chi connectivity index (χ3v) is 7.81. The molecule has 1 saturated heterocycles. The molecule has 1 fully saturated rings. The fourth-order valence-corrected chi connectivity index (χ4v) is 5.49. The Bertz CT molecular complexity index is 1440. The number of amides is 4. The van der Waals surface area contributed by atoms with Crippen molar-refractivity contribution >= 4 is 41.1 Å². The first kappa shape index (κ1) is 32.8. The lowest BCUT2D eigenvalue weighted by Crippen LogP contribution is -2.63. The van der Waals surface area contributed by atoms with Gasteiger partial charge in [0.2, 0.25) is 11.8 Å². The summed E-state index contributed by atoms with van der Waals surface area (Å²) >= 11 is 6.29. The molecular formula is C32H40ClN5O6. The van der Waals surface area contributed by atoms with Crippen LogP contribution in [0.1, 0.15) is 46.6 Å². The number of hydrazone groups is 1. The van der Waals surface area contributed by atoms with E-state index in [0.717, 1.165) is 11.3 Å². The van der Waals surface area contributed by atoms with Crippen LogP contribution in [0.25, 0.3) is 0 Å². The van der Waals surface area contributed by atoms with Crippen LogP contribution in [0.3, 0.4) is 0 Å². The molecule has 0 unspecified atom stereocenters. The van der Waals surface area contributed by atoms with Crippen molar-refractivity contribution in [1.82, 2.24) is 20.5 Å². The van der Waals surface area contributed by atoms with Crippen LogP contribution < -0.4 is 15.4 Å². The SMILES string of the molecule is CN1N=C2CCN(C(=O)[C@@H](COc3ccccc3Cl)NC(=O)C(C)(C)NC(=O)OC(C)(C)C)C[C@@]2(Cc2ccccc2)C1=O. The van der Waals surface area contributed by atoms with E-state index in [1.807, 2.05) is 30.3 Å². The van der Waals surface area contributed by atoms with E-state index in [9.17, 15) is 19.2 Å². The Hall–Kier alpha value is -4.12. The standard InChI is InChI=1S/C32H40ClN5O6/c1-30(2,3)44-29(42)35-31(4,5)27(40)34-23(19-43-24-15-11-10-14-22(24)33)26(39)38-17-16-25-32(20-38,28(41)37(6)36-25)18-21-12-8-7-9-13-21/h7-15,23H,16-20H2,1-6H3,(H,34,40)(H,35,42)/t23-,32-/m1/s1. The highest BCUT2D eigenvalue weighted by Crippen LogP contribution is 2.38. The van der Waals surface area contributed by atoms with Crippen molar-refractivity contribution in [2.24, 2.45) is 10.5 Å². The van der Waals surface area contributed by atoms with E-state index in [4.69, 9.17) is 21.1 Å². The van der Waals surface area contributed by atoms with Gasteiger partial charge in [0.25, 0.3) is 5.91 Å². The largest absolute Gasteiger partial charge is 0.489 e. The van der Waals surface area contributed by atoms with Crippen LogP contribution in [0.4, 0.5) is 4.79 Å². The number of fused-ring (bicyclic) bond motifs is 1. The summed E-state index contributed by atoms with van der Waals surface area (Å²) in [5.74, 6) is -0.912. The predicted octanol–water partition coefficient (Wildman–Crippen LogP) is 3.80. The summed E-state index contributed by atoms with van der Waals surface area (Å²) < 4.78 is 11.2. The maximum atomic E-state index is 14.2. The zero-order valence-corrected chi connectivity index (χ0v) is 26.7. The van der Waals surface area contributed by atoms with Gasteiger partial charge in [0.05, 0.1) is 10.7 Å². The molecule has 0 aromatic heterocycles. The molecule has 2 aromatic carbocycles. The number of benzene rings is 2. The summed E-state index contributed by atoms with van der Waals surface area (Å²) in [6.07, 6.45) is -0.00571. The first-order valence-electron chi connectivity index (χ1n) is 14.5. The van der Waals surface area contributed by atoms with Gasteiger partial charge in [-0.05, 0) is 58.7 Å². The molecule has 4 rings (SSSR count). The third kappa shape index (κ3) is 7.50. The fraction of sp³-hybridized carbons (Fsp3) is 0.469. The number of likely N-dealkylation sites (tertiary alicyclic amines) is 1. The van der Waals surface area contributed by atoms with Crippen LogP contribution >= 0.6 is 11.6 Å². The van der Waals surface area contributed by atoms with Crippen LogP contribution in [0.5, 0.6) is 5.75 Å². The minimum Gasteiger partial charge on any atom is -0.489 e. The van der Waals surface area contributed by atoms with Crippen molar-refractivity contribution in [1.29, 1.82) is 0 Å². The highest BCUT2D eigenvalue weighted by molar-refractivity contribution is 6.32. The Balaban J connectivity index is 1.58. The van der Waals surface area contributed by atoms with Crippen LogP contribution in [-0.2, 0) is 25.5 Å². The Kier molecular flexibility index (Phi) is 9.58. The molecule has 0 saturated carbocycles. The number of rotatable bonds is 9. The lowest BCUT2D eigenvalue weighted by molar-refractivity contribution is -0.143. The van der Waals surface area contributed by atoms with Crippen molar-refractivity contribution in [3.63, 3.8) is 0 Å². The molecule has 2 aliphatic rings. The lowest BCUT2D eigenvalue weighted by Gasteiger charge is -2.41. The molecule has 0 bridgehead atoms. The first-order chi connectivity index (χ1) is 20.6. The van der Waals surface area contributed by atoms with Gasteiger partial charge in [0.15, 0.2) is 0 Å². The molecule has 44 heavy (non-hydrogen) atoms. The molecule has 2 N–H and O–H groups in total. The number of carbonyl (C=O) groups is 4. The molecule has 12 heteroatoms. The quantitative estimate of drug-likeness (QED) is 0.436. The van der Waals surface area contributed by atoms with Crippen LogP contribution in [0.2, 0.25) is 5.02 Å². The number of nitrogens with zero attached hydrogens (tertiary/aromatic N) is 3. The van der Waals surface area contributed by atoms with Gasteiger partial charge >= 0.3 is 6.09 Å². The van der Waals surface area contributed by atoms with Gasteiger partial charge in [-0.15, -0.1) is 0 Å². The number of halogens is 1. The maximum absolute atomic E-state index is 14.2.